The Hall–Kier alpha value is -1.22. The number of nitrogens with two attached hydrogens (primary N) is 1. The van der Waals surface area contributed by atoms with E-state index in [1.807, 2.05) is 19.2 Å². The maximum Gasteiger partial charge on any atom is 0.0602 e. The molecule has 0 saturated heterocycles. The number of hydrogen-bond acceptors (Lipinski definition) is 3. The van der Waals surface area contributed by atoms with E-state index in [2.05, 4.69) is 24.0 Å². The van der Waals surface area contributed by atoms with Crippen LogP contribution < -0.4 is 10.6 Å². The third kappa shape index (κ3) is 2.78. The van der Waals surface area contributed by atoms with Gasteiger partial charge < -0.3 is 15.4 Å². The molecule has 3 nitrogen and oxygen atoms in total. The van der Waals surface area contributed by atoms with Crippen molar-refractivity contribution in [2.24, 2.45) is 0 Å². The van der Waals surface area contributed by atoms with Crippen LogP contribution in [0, 0.1) is 0 Å². The van der Waals surface area contributed by atoms with E-state index in [4.69, 9.17) is 10.5 Å². The second-order valence-electron chi connectivity index (χ2n) is 5.02. The normalized spacial score (nSPS) is 23.9. The van der Waals surface area contributed by atoms with Crippen molar-refractivity contribution in [1.29, 1.82) is 0 Å². The molecule has 1 aromatic rings. The van der Waals surface area contributed by atoms with Crippen LogP contribution in [0.4, 0.5) is 11.4 Å². The SMILES string of the molecule is CCN(c1ccccc1N)C1CCCC(OC)C1. The van der Waals surface area contributed by atoms with Crippen molar-refractivity contribution in [3.63, 3.8) is 0 Å². The van der Waals surface area contributed by atoms with Gasteiger partial charge in [0.25, 0.3) is 0 Å². The first-order valence-corrected chi connectivity index (χ1v) is 6.90. The van der Waals surface area contributed by atoms with Gasteiger partial charge in [0.05, 0.1) is 17.5 Å². The van der Waals surface area contributed by atoms with Crippen molar-refractivity contribution in [1.82, 2.24) is 0 Å². The van der Waals surface area contributed by atoms with Crippen molar-refractivity contribution < 1.29 is 4.74 Å². The molecule has 0 aromatic heterocycles. The van der Waals surface area contributed by atoms with E-state index in [1.54, 1.807) is 0 Å². The van der Waals surface area contributed by atoms with Gasteiger partial charge in [-0.1, -0.05) is 12.1 Å². The third-order valence-electron chi connectivity index (χ3n) is 3.96. The molecular formula is C15H24N2O. The summed E-state index contributed by atoms with van der Waals surface area (Å²) in [6.45, 7) is 3.19. The molecule has 3 heteroatoms. The topological polar surface area (TPSA) is 38.5 Å². The van der Waals surface area contributed by atoms with Crippen LogP contribution in [0.2, 0.25) is 0 Å². The van der Waals surface area contributed by atoms with Crippen molar-refractivity contribution in [2.45, 2.75) is 44.8 Å². The summed E-state index contributed by atoms with van der Waals surface area (Å²) in [5.41, 5.74) is 8.14. The summed E-state index contributed by atoms with van der Waals surface area (Å²) in [4.78, 5) is 2.43. The first-order chi connectivity index (χ1) is 8.76. The largest absolute Gasteiger partial charge is 0.397 e. The van der Waals surface area contributed by atoms with Gasteiger partial charge in [-0.05, 0) is 44.7 Å². The molecule has 1 aliphatic rings. The number of para-hydroxylation sites is 2. The standard InChI is InChI=1S/C15H24N2O/c1-3-17(15-10-5-4-9-14(15)16)12-7-6-8-13(11-12)18-2/h4-5,9-10,12-13H,3,6-8,11,16H2,1-2H3. The molecule has 0 bridgehead atoms. The van der Waals surface area contributed by atoms with E-state index in [-0.39, 0.29) is 0 Å². The fraction of sp³-hybridized carbons (Fsp3) is 0.600. The quantitative estimate of drug-likeness (QED) is 0.832. The number of ether oxygens (including phenoxy) is 1. The van der Waals surface area contributed by atoms with Crippen LogP contribution in [0.1, 0.15) is 32.6 Å². The van der Waals surface area contributed by atoms with Gasteiger partial charge in [0.15, 0.2) is 0 Å². The summed E-state index contributed by atoms with van der Waals surface area (Å²) in [5, 5.41) is 0. The number of rotatable bonds is 4. The highest BCUT2D eigenvalue weighted by atomic mass is 16.5. The molecule has 1 aromatic carbocycles. The van der Waals surface area contributed by atoms with Gasteiger partial charge in [0.1, 0.15) is 0 Å². The minimum Gasteiger partial charge on any atom is -0.397 e. The lowest BCUT2D eigenvalue weighted by Crippen LogP contribution is -2.41. The zero-order chi connectivity index (χ0) is 13.0. The van der Waals surface area contributed by atoms with E-state index in [1.165, 1.54) is 24.9 Å². The van der Waals surface area contributed by atoms with Crippen LogP contribution in [0.5, 0.6) is 0 Å². The van der Waals surface area contributed by atoms with Gasteiger partial charge in [-0.2, -0.15) is 0 Å². The van der Waals surface area contributed by atoms with Crippen molar-refractivity contribution >= 4 is 11.4 Å². The fourth-order valence-corrected chi connectivity index (χ4v) is 2.99. The van der Waals surface area contributed by atoms with Crippen LogP contribution in [0.15, 0.2) is 24.3 Å². The minimum atomic E-state index is 0.405. The third-order valence-corrected chi connectivity index (χ3v) is 3.96. The summed E-state index contributed by atoms with van der Waals surface area (Å²) in [6.07, 6.45) is 5.19. The maximum absolute atomic E-state index is 6.10. The van der Waals surface area contributed by atoms with E-state index >= 15 is 0 Å². The van der Waals surface area contributed by atoms with Gasteiger partial charge in [0.2, 0.25) is 0 Å². The highest BCUT2D eigenvalue weighted by molar-refractivity contribution is 5.67. The van der Waals surface area contributed by atoms with Gasteiger partial charge in [-0.25, -0.2) is 0 Å². The van der Waals surface area contributed by atoms with Crippen LogP contribution in [0.3, 0.4) is 0 Å². The number of nitrogens with zero attached hydrogens (tertiary/aromatic N) is 1. The minimum absolute atomic E-state index is 0.405. The molecule has 1 fully saturated rings. The molecule has 1 aliphatic carbocycles. The molecule has 2 unspecified atom stereocenters. The first kappa shape index (κ1) is 13.2. The molecule has 0 heterocycles. The second kappa shape index (κ2) is 6.10. The molecule has 1 saturated carbocycles. The Bertz CT molecular complexity index is 381. The van der Waals surface area contributed by atoms with Crippen molar-refractivity contribution in [2.75, 3.05) is 24.3 Å². The van der Waals surface area contributed by atoms with E-state index in [9.17, 15) is 0 Å². The average molecular weight is 248 g/mol. The molecule has 2 N–H and O–H groups in total. The molecule has 0 spiro atoms. The zero-order valence-electron chi connectivity index (χ0n) is 11.4. The summed E-state index contributed by atoms with van der Waals surface area (Å²) in [5.74, 6) is 0. The van der Waals surface area contributed by atoms with E-state index < -0.39 is 0 Å². The summed E-state index contributed by atoms with van der Waals surface area (Å²) >= 11 is 0. The lowest BCUT2D eigenvalue weighted by molar-refractivity contribution is 0.0632. The number of anilines is 2. The summed E-state index contributed by atoms with van der Waals surface area (Å²) < 4.78 is 5.52. The summed E-state index contributed by atoms with van der Waals surface area (Å²) in [7, 11) is 1.82. The number of nitrogen functional groups attached to an aromatic ring is 1. The fourth-order valence-electron chi connectivity index (χ4n) is 2.99. The van der Waals surface area contributed by atoms with Gasteiger partial charge in [0, 0.05) is 19.7 Å². The van der Waals surface area contributed by atoms with Crippen LogP contribution in [0.25, 0.3) is 0 Å². The Morgan fingerprint density at radius 1 is 1.33 bits per heavy atom. The van der Waals surface area contributed by atoms with Crippen LogP contribution >= 0.6 is 0 Å². The average Bonchev–Trinajstić information content (AvgIpc) is 2.42. The smallest absolute Gasteiger partial charge is 0.0602 e. The predicted octanol–water partition coefficient (Wildman–Crippen LogP) is 3.05. The second-order valence-corrected chi connectivity index (χ2v) is 5.02. The van der Waals surface area contributed by atoms with Crippen molar-refractivity contribution in [3.8, 4) is 0 Å². The first-order valence-electron chi connectivity index (χ1n) is 6.90. The Labute approximate surface area is 110 Å². The highest BCUT2D eigenvalue weighted by Crippen LogP contribution is 2.31. The van der Waals surface area contributed by atoms with Crippen molar-refractivity contribution in [3.05, 3.63) is 24.3 Å². The molecule has 18 heavy (non-hydrogen) atoms. The molecule has 0 radical (unpaired) electrons. The van der Waals surface area contributed by atoms with Crippen LogP contribution in [-0.2, 0) is 4.74 Å². The highest BCUT2D eigenvalue weighted by Gasteiger charge is 2.26. The van der Waals surface area contributed by atoms with Gasteiger partial charge in [-0.3, -0.25) is 0 Å². The lowest BCUT2D eigenvalue weighted by Gasteiger charge is -2.38. The number of benzene rings is 1. The van der Waals surface area contributed by atoms with Gasteiger partial charge in [-0.15, -0.1) is 0 Å². The summed E-state index contributed by atoms with van der Waals surface area (Å²) in [6, 6.07) is 8.71. The zero-order valence-corrected chi connectivity index (χ0v) is 11.4. The molecule has 0 aliphatic heterocycles. The molecule has 2 rings (SSSR count). The Morgan fingerprint density at radius 2 is 2.11 bits per heavy atom. The maximum atomic E-state index is 6.10. The Kier molecular flexibility index (Phi) is 4.48. The lowest BCUT2D eigenvalue weighted by atomic mass is 9.91. The van der Waals surface area contributed by atoms with Gasteiger partial charge >= 0.3 is 0 Å². The van der Waals surface area contributed by atoms with E-state index in [0.29, 0.717) is 12.1 Å². The van der Waals surface area contributed by atoms with E-state index in [0.717, 1.165) is 18.7 Å². The molecule has 0 amide bonds. The monoisotopic (exact) mass is 248 g/mol. The van der Waals surface area contributed by atoms with Crippen LogP contribution in [-0.4, -0.2) is 25.8 Å². The molecule has 2 atom stereocenters. The number of hydrogen-bond donors (Lipinski definition) is 1. The number of methoxy groups -OCH3 is 1. The predicted molar refractivity (Wildman–Crippen MR) is 76.9 cm³/mol. The molecule has 100 valence electrons. The Balaban J connectivity index is 2.15. The Morgan fingerprint density at radius 3 is 2.78 bits per heavy atom. The molecular weight excluding hydrogens is 224 g/mol.